The van der Waals surface area contributed by atoms with Gasteiger partial charge in [-0.05, 0) is 30.7 Å². The molecule has 1 aliphatic heterocycles. The van der Waals surface area contributed by atoms with Crippen molar-refractivity contribution in [3.63, 3.8) is 0 Å². The van der Waals surface area contributed by atoms with E-state index < -0.39 is 0 Å². The third-order valence-corrected chi connectivity index (χ3v) is 4.40. The second-order valence-corrected chi connectivity index (χ2v) is 5.64. The summed E-state index contributed by atoms with van der Waals surface area (Å²) in [5.74, 6) is 1.36. The molecule has 1 atom stereocenters. The fourth-order valence-electron chi connectivity index (χ4n) is 2.01. The molecule has 1 aromatic heterocycles. The van der Waals surface area contributed by atoms with Gasteiger partial charge in [0, 0.05) is 37.3 Å². The van der Waals surface area contributed by atoms with Gasteiger partial charge in [-0.25, -0.2) is 0 Å². The lowest BCUT2D eigenvalue weighted by Gasteiger charge is -2.21. The minimum Gasteiger partial charge on any atom is -0.353 e. The molecule has 15 heavy (non-hydrogen) atoms. The van der Waals surface area contributed by atoms with Gasteiger partial charge in [-0.1, -0.05) is 6.42 Å². The maximum Gasteiger partial charge on any atom is 0.0359 e. The van der Waals surface area contributed by atoms with Crippen LogP contribution in [-0.4, -0.2) is 22.1 Å². The number of aromatic nitrogens is 1. The Kier molecular flexibility index (Phi) is 4.15. The molecule has 3 heteroatoms. The van der Waals surface area contributed by atoms with Gasteiger partial charge in [0.15, 0.2) is 0 Å². The van der Waals surface area contributed by atoms with Crippen LogP contribution in [0.3, 0.4) is 0 Å². The number of hydrogen-bond donors (Lipinski definition) is 1. The van der Waals surface area contributed by atoms with E-state index in [1.807, 2.05) is 0 Å². The first-order chi connectivity index (χ1) is 7.36. The summed E-state index contributed by atoms with van der Waals surface area (Å²) in [5, 5.41) is 4.40. The molecule has 1 unspecified atom stereocenters. The molecular formula is C12H20N2S. The first-order valence-corrected chi connectivity index (χ1v) is 6.83. The van der Waals surface area contributed by atoms with Gasteiger partial charge in [-0.3, -0.25) is 0 Å². The van der Waals surface area contributed by atoms with Crippen molar-refractivity contribution in [1.29, 1.82) is 0 Å². The maximum absolute atomic E-state index is 3.56. The quantitative estimate of drug-likeness (QED) is 0.846. The molecule has 1 N–H and O–H groups in total. The monoisotopic (exact) mass is 224 g/mol. The Hall–Kier alpha value is -0.410. The molecule has 1 aliphatic rings. The zero-order valence-corrected chi connectivity index (χ0v) is 10.2. The molecule has 0 radical (unpaired) electrons. The van der Waals surface area contributed by atoms with Crippen LogP contribution < -0.4 is 5.32 Å². The normalized spacial score (nSPS) is 21.8. The summed E-state index contributed by atoms with van der Waals surface area (Å²) >= 11 is 2.14. The molecule has 0 aromatic carbocycles. The second kappa shape index (κ2) is 5.61. The van der Waals surface area contributed by atoms with Crippen LogP contribution >= 0.6 is 11.8 Å². The topological polar surface area (TPSA) is 17.0 Å². The van der Waals surface area contributed by atoms with Crippen molar-refractivity contribution in [1.82, 2.24) is 9.88 Å². The molecule has 0 saturated carbocycles. The van der Waals surface area contributed by atoms with Crippen LogP contribution in [0.15, 0.2) is 18.3 Å². The average Bonchev–Trinajstić information content (AvgIpc) is 2.66. The standard InChI is InChI=1S/C12H20N2S/c1-14-7-4-5-11(14)9-13-10-12-6-2-3-8-15-12/h4-5,7,12-13H,2-3,6,8-10H2,1H3. The van der Waals surface area contributed by atoms with Crippen molar-refractivity contribution in [3.05, 3.63) is 24.0 Å². The highest BCUT2D eigenvalue weighted by Crippen LogP contribution is 2.24. The van der Waals surface area contributed by atoms with Gasteiger partial charge in [-0.2, -0.15) is 11.8 Å². The predicted octanol–water partition coefficient (Wildman–Crippen LogP) is 2.40. The molecule has 0 aliphatic carbocycles. The van der Waals surface area contributed by atoms with E-state index in [-0.39, 0.29) is 0 Å². The fraction of sp³-hybridized carbons (Fsp3) is 0.667. The lowest BCUT2D eigenvalue weighted by Crippen LogP contribution is -2.26. The first-order valence-electron chi connectivity index (χ1n) is 5.79. The van der Waals surface area contributed by atoms with Crippen molar-refractivity contribution < 1.29 is 0 Å². The summed E-state index contributed by atoms with van der Waals surface area (Å²) in [6.45, 7) is 2.16. The maximum atomic E-state index is 3.56. The van der Waals surface area contributed by atoms with Crippen molar-refractivity contribution >= 4 is 11.8 Å². The summed E-state index contributed by atoms with van der Waals surface area (Å²) in [5.41, 5.74) is 1.37. The number of aryl methyl sites for hydroxylation is 1. The van der Waals surface area contributed by atoms with E-state index in [1.165, 1.54) is 30.7 Å². The summed E-state index contributed by atoms with van der Waals surface area (Å²) in [7, 11) is 2.10. The Bertz CT molecular complexity index is 290. The summed E-state index contributed by atoms with van der Waals surface area (Å²) in [6, 6.07) is 4.29. The van der Waals surface area contributed by atoms with E-state index in [0.29, 0.717) is 0 Å². The molecule has 84 valence electrons. The van der Waals surface area contributed by atoms with Crippen molar-refractivity contribution in [2.45, 2.75) is 31.1 Å². The molecule has 1 aromatic rings. The van der Waals surface area contributed by atoms with E-state index in [9.17, 15) is 0 Å². The zero-order chi connectivity index (χ0) is 10.5. The molecule has 0 bridgehead atoms. The SMILES string of the molecule is Cn1cccc1CNCC1CCCCS1. The molecule has 1 saturated heterocycles. The third-order valence-electron chi connectivity index (χ3n) is 3.00. The predicted molar refractivity (Wildman–Crippen MR) is 67.2 cm³/mol. The van der Waals surface area contributed by atoms with Crippen LogP contribution in [0.1, 0.15) is 25.0 Å². The van der Waals surface area contributed by atoms with Crippen LogP contribution in [0.2, 0.25) is 0 Å². The van der Waals surface area contributed by atoms with Gasteiger partial charge < -0.3 is 9.88 Å². The van der Waals surface area contributed by atoms with E-state index >= 15 is 0 Å². The van der Waals surface area contributed by atoms with Gasteiger partial charge in [0.1, 0.15) is 0 Å². The third kappa shape index (κ3) is 3.28. The number of rotatable bonds is 4. The highest BCUT2D eigenvalue weighted by atomic mass is 32.2. The molecular weight excluding hydrogens is 204 g/mol. The van der Waals surface area contributed by atoms with E-state index in [4.69, 9.17) is 0 Å². The number of nitrogens with one attached hydrogen (secondary N) is 1. The largest absolute Gasteiger partial charge is 0.353 e. The smallest absolute Gasteiger partial charge is 0.0359 e. The Morgan fingerprint density at radius 3 is 3.13 bits per heavy atom. The number of hydrogen-bond acceptors (Lipinski definition) is 2. The lowest BCUT2D eigenvalue weighted by molar-refractivity contribution is 0.586. The first kappa shape index (κ1) is 11.1. The van der Waals surface area contributed by atoms with Crippen LogP contribution in [-0.2, 0) is 13.6 Å². The summed E-state index contributed by atoms with van der Waals surface area (Å²) < 4.78 is 2.18. The van der Waals surface area contributed by atoms with Gasteiger partial charge in [-0.15, -0.1) is 0 Å². The van der Waals surface area contributed by atoms with Crippen molar-refractivity contribution in [3.8, 4) is 0 Å². The van der Waals surface area contributed by atoms with Crippen molar-refractivity contribution in [2.75, 3.05) is 12.3 Å². The fourth-order valence-corrected chi connectivity index (χ4v) is 3.28. The van der Waals surface area contributed by atoms with Gasteiger partial charge in [0.25, 0.3) is 0 Å². The Labute approximate surface area is 96.4 Å². The van der Waals surface area contributed by atoms with Crippen molar-refractivity contribution in [2.24, 2.45) is 7.05 Å². The molecule has 1 fully saturated rings. The van der Waals surface area contributed by atoms with E-state index in [0.717, 1.165) is 18.3 Å². The molecule has 2 nitrogen and oxygen atoms in total. The minimum atomic E-state index is 0.846. The zero-order valence-electron chi connectivity index (χ0n) is 9.41. The minimum absolute atomic E-state index is 0.846. The average molecular weight is 224 g/mol. The van der Waals surface area contributed by atoms with Crippen LogP contribution in [0.4, 0.5) is 0 Å². The Morgan fingerprint density at radius 1 is 1.53 bits per heavy atom. The Balaban J connectivity index is 1.68. The number of nitrogens with zero attached hydrogens (tertiary/aromatic N) is 1. The molecule has 2 heterocycles. The highest BCUT2D eigenvalue weighted by Gasteiger charge is 2.12. The van der Waals surface area contributed by atoms with E-state index in [2.05, 4.69) is 47.0 Å². The van der Waals surface area contributed by atoms with Crippen LogP contribution in [0.5, 0.6) is 0 Å². The summed E-state index contributed by atoms with van der Waals surface area (Å²) in [6.07, 6.45) is 6.33. The second-order valence-electron chi connectivity index (χ2n) is 4.23. The Morgan fingerprint density at radius 2 is 2.47 bits per heavy atom. The van der Waals surface area contributed by atoms with Crippen LogP contribution in [0, 0.1) is 0 Å². The molecule has 0 amide bonds. The highest BCUT2D eigenvalue weighted by molar-refractivity contribution is 7.99. The lowest BCUT2D eigenvalue weighted by atomic mass is 10.2. The molecule has 0 spiro atoms. The van der Waals surface area contributed by atoms with Gasteiger partial charge in [0.2, 0.25) is 0 Å². The van der Waals surface area contributed by atoms with E-state index in [1.54, 1.807) is 0 Å². The van der Waals surface area contributed by atoms with Crippen LogP contribution in [0.25, 0.3) is 0 Å². The molecule has 2 rings (SSSR count). The summed E-state index contributed by atoms with van der Waals surface area (Å²) in [4.78, 5) is 0. The number of thioether (sulfide) groups is 1. The van der Waals surface area contributed by atoms with Gasteiger partial charge >= 0.3 is 0 Å². The van der Waals surface area contributed by atoms with Gasteiger partial charge in [0.05, 0.1) is 0 Å².